The van der Waals surface area contributed by atoms with Crippen molar-refractivity contribution in [3.8, 4) is 0 Å². The van der Waals surface area contributed by atoms with E-state index in [0.717, 1.165) is 5.92 Å². The van der Waals surface area contributed by atoms with Crippen LogP contribution in [0.5, 0.6) is 0 Å². The van der Waals surface area contributed by atoms with Crippen LogP contribution in [0.15, 0.2) is 0 Å². The molecule has 2 nitrogen and oxygen atoms in total. The van der Waals surface area contributed by atoms with Gasteiger partial charge < -0.3 is 10.2 Å². The van der Waals surface area contributed by atoms with E-state index >= 15 is 0 Å². The van der Waals surface area contributed by atoms with E-state index in [1.165, 1.54) is 26.1 Å². The second-order valence-electron chi connectivity index (χ2n) is 4.91. The molecule has 1 N–H and O–H groups in total. The summed E-state index contributed by atoms with van der Waals surface area (Å²) in [6, 6.07) is 0. The van der Waals surface area contributed by atoms with E-state index in [-0.39, 0.29) is 0 Å². The largest absolute Gasteiger partial charge is 0.316 e. The average Bonchev–Trinajstić information content (AvgIpc) is 2.37. The average molecular weight is 170 g/mol. The van der Waals surface area contributed by atoms with Crippen molar-refractivity contribution in [3.05, 3.63) is 0 Å². The zero-order valence-electron chi connectivity index (χ0n) is 8.85. The van der Waals surface area contributed by atoms with Crippen molar-refractivity contribution in [2.24, 2.45) is 5.92 Å². The quantitative estimate of drug-likeness (QED) is 0.672. The Hall–Kier alpha value is -0.0800. The predicted octanol–water partition coefficient (Wildman–Crippen LogP) is 1.33. The standard InChI is InChI=1S/C10H22N2/c1-10(2,3)12(4)8-9-5-6-11-7-9/h9,11H,5-8H2,1-4H3. The first-order valence-electron chi connectivity index (χ1n) is 4.92. The summed E-state index contributed by atoms with van der Waals surface area (Å²) in [7, 11) is 2.22. The van der Waals surface area contributed by atoms with Crippen LogP contribution in [0.25, 0.3) is 0 Å². The van der Waals surface area contributed by atoms with E-state index in [1.54, 1.807) is 0 Å². The minimum Gasteiger partial charge on any atom is -0.316 e. The Bertz CT molecular complexity index is 131. The minimum atomic E-state index is 0.322. The van der Waals surface area contributed by atoms with Gasteiger partial charge in [-0.3, -0.25) is 0 Å². The summed E-state index contributed by atoms with van der Waals surface area (Å²) in [4.78, 5) is 2.45. The first-order valence-corrected chi connectivity index (χ1v) is 4.92. The number of nitrogens with zero attached hydrogens (tertiary/aromatic N) is 1. The highest BCUT2D eigenvalue weighted by Gasteiger charge is 2.22. The molecule has 1 heterocycles. The lowest BCUT2D eigenvalue weighted by Gasteiger charge is -2.33. The maximum atomic E-state index is 3.40. The van der Waals surface area contributed by atoms with E-state index in [0.29, 0.717) is 5.54 Å². The number of hydrogen-bond acceptors (Lipinski definition) is 2. The molecule has 1 unspecified atom stereocenters. The first-order chi connectivity index (χ1) is 5.50. The summed E-state index contributed by atoms with van der Waals surface area (Å²) in [5.41, 5.74) is 0.322. The van der Waals surface area contributed by atoms with Crippen LogP contribution in [-0.4, -0.2) is 37.1 Å². The molecular weight excluding hydrogens is 148 g/mol. The molecule has 1 atom stereocenters. The lowest BCUT2D eigenvalue weighted by atomic mass is 10.0. The van der Waals surface area contributed by atoms with Crippen LogP contribution in [-0.2, 0) is 0 Å². The van der Waals surface area contributed by atoms with Gasteiger partial charge in [0.2, 0.25) is 0 Å². The topological polar surface area (TPSA) is 15.3 Å². The fourth-order valence-electron chi connectivity index (χ4n) is 1.53. The van der Waals surface area contributed by atoms with Gasteiger partial charge in [-0.25, -0.2) is 0 Å². The maximum absolute atomic E-state index is 3.40. The van der Waals surface area contributed by atoms with Crippen LogP contribution in [0, 0.1) is 5.92 Å². The normalized spacial score (nSPS) is 25.2. The number of rotatable bonds is 2. The molecule has 1 aliphatic heterocycles. The molecule has 0 aromatic carbocycles. The van der Waals surface area contributed by atoms with Gasteiger partial charge in [-0.2, -0.15) is 0 Å². The van der Waals surface area contributed by atoms with Crippen molar-refractivity contribution in [3.63, 3.8) is 0 Å². The number of nitrogens with one attached hydrogen (secondary N) is 1. The van der Waals surface area contributed by atoms with Crippen molar-refractivity contribution in [2.45, 2.75) is 32.7 Å². The first kappa shape index (κ1) is 10.0. The molecule has 0 amide bonds. The summed E-state index contributed by atoms with van der Waals surface area (Å²) < 4.78 is 0. The highest BCUT2D eigenvalue weighted by Crippen LogP contribution is 2.15. The van der Waals surface area contributed by atoms with Crippen molar-refractivity contribution >= 4 is 0 Å². The lowest BCUT2D eigenvalue weighted by Crippen LogP contribution is -2.41. The Kier molecular flexibility index (Phi) is 3.13. The van der Waals surface area contributed by atoms with Crippen molar-refractivity contribution in [2.75, 3.05) is 26.7 Å². The molecule has 0 saturated carbocycles. The zero-order chi connectivity index (χ0) is 9.19. The molecule has 0 aromatic heterocycles. The van der Waals surface area contributed by atoms with Gasteiger partial charge in [0.25, 0.3) is 0 Å². The molecule has 12 heavy (non-hydrogen) atoms. The molecule has 0 spiro atoms. The SMILES string of the molecule is CN(CC1CCNC1)C(C)(C)C. The second-order valence-corrected chi connectivity index (χ2v) is 4.91. The van der Waals surface area contributed by atoms with Crippen LogP contribution in [0.1, 0.15) is 27.2 Å². The van der Waals surface area contributed by atoms with Gasteiger partial charge in [-0.1, -0.05) is 0 Å². The molecule has 0 bridgehead atoms. The van der Waals surface area contributed by atoms with E-state index in [4.69, 9.17) is 0 Å². The Morgan fingerprint density at radius 1 is 1.42 bits per heavy atom. The summed E-state index contributed by atoms with van der Waals surface area (Å²) in [5.74, 6) is 0.870. The van der Waals surface area contributed by atoms with Gasteiger partial charge in [-0.15, -0.1) is 0 Å². The Balaban J connectivity index is 2.30. The molecular formula is C10H22N2. The molecule has 0 radical (unpaired) electrons. The van der Waals surface area contributed by atoms with Crippen LogP contribution >= 0.6 is 0 Å². The molecule has 1 rings (SSSR count). The number of hydrogen-bond donors (Lipinski definition) is 1. The van der Waals surface area contributed by atoms with E-state index < -0.39 is 0 Å². The minimum absolute atomic E-state index is 0.322. The molecule has 1 fully saturated rings. The van der Waals surface area contributed by atoms with Crippen LogP contribution in [0.4, 0.5) is 0 Å². The highest BCUT2D eigenvalue weighted by molar-refractivity contribution is 4.79. The molecule has 72 valence electrons. The zero-order valence-corrected chi connectivity index (χ0v) is 8.85. The Labute approximate surface area is 76.3 Å². The third-order valence-electron chi connectivity index (χ3n) is 2.84. The third kappa shape index (κ3) is 2.76. The van der Waals surface area contributed by atoms with Gasteiger partial charge in [0.15, 0.2) is 0 Å². The molecule has 2 heteroatoms. The summed E-state index contributed by atoms with van der Waals surface area (Å²) in [5, 5.41) is 3.40. The Morgan fingerprint density at radius 2 is 2.08 bits per heavy atom. The van der Waals surface area contributed by atoms with Crippen molar-refractivity contribution < 1.29 is 0 Å². The Morgan fingerprint density at radius 3 is 2.50 bits per heavy atom. The van der Waals surface area contributed by atoms with Gasteiger partial charge >= 0.3 is 0 Å². The van der Waals surface area contributed by atoms with Crippen molar-refractivity contribution in [1.82, 2.24) is 10.2 Å². The van der Waals surface area contributed by atoms with Crippen LogP contribution < -0.4 is 5.32 Å². The summed E-state index contributed by atoms with van der Waals surface area (Å²) >= 11 is 0. The smallest absolute Gasteiger partial charge is 0.0122 e. The second kappa shape index (κ2) is 3.75. The lowest BCUT2D eigenvalue weighted by molar-refractivity contribution is 0.153. The maximum Gasteiger partial charge on any atom is 0.0122 e. The van der Waals surface area contributed by atoms with Crippen LogP contribution in [0.2, 0.25) is 0 Å². The fourth-order valence-corrected chi connectivity index (χ4v) is 1.53. The summed E-state index contributed by atoms with van der Waals surface area (Å²) in [6.45, 7) is 10.5. The van der Waals surface area contributed by atoms with E-state index in [1.807, 2.05) is 0 Å². The molecule has 1 aliphatic rings. The van der Waals surface area contributed by atoms with Gasteiger partial charge in [-0.05, 0) is 53.2 Å². The van der Waals surface area contributed by atoms with E-state index in [2.05, 4.69) is 38.0 Å². The van der Waals surface area contributed by atoms with E-state index in [9.17, 15) is 0 Å². The van der Waals surface area contributed by atoms with Crippen molar-refractivity contribution in [1.29, 1.82) is 0 Å². The molecule has 0 aromatic rings. The predicted molar refractivity (Wildman–Crippen MR) is 53.4 cm³/mol. The molecule has 0 aliphatic carbocycles. The van der Waals surface area contributed by atoms with Gasteiger partial charge in [0.1, 0.15) is 0 Å². The van der Waals surface area contributed by atoms with Crippen LogP contribution in [0.3, 0.4) is 0 Å². The third-order valence-corrected chi connectivity index (χ3v) is 2.84. The van der Waals surface area contributed by atoms with Gasteiger partial charge in [0.05, 0.1) is 0 Å². The fraction of sp³-hybridized carbons (Fsp3) is 1.00. The molecule has 1 saturated heterocycles. The van der Waals surface area contributed by atoms with Gasteiger partial charge in [0, 0.05) is 12.1 Å². The monoisotopic (exact) mass is 170 g/mol. The summed E-state index contributed by atoms with van der Waals surface area (Å²) in [6.07, 6.45) is 1.35. The highest BCUT2D eigenvalue weighted by atomic mass is 15.2.